The monoisotopic (exact) mass is 294 g/mol. The number of pyridine rings is 1. The Bertz CT molecular complexity index is 534. The molecule has 0 unspecified atom stereocenters. The lowest BCUT2D eigenvalue weighted by Gasteiger charge is -2.12. The number of esters is 1. The van der Waals surface area contributed by atoms with E-state index in [-0.39, 0.29) is 12.2 Å². The normalized spacial score (nSPS) is 11.1. The van der Waals surface area contributed by atoms with Crippen molar-refractivity contribution in [3.8, 4) is 6.07 Å². The van der Waals surface area contributed by atoms with E-state index in [9.17, 15) is 4.79 Å². The molecule has 2 N–H and O–H groups in total. The Kier molecular flexibility index (Phi) is 6.33. The summed E-state index contributed by atoms with van der Waals surface area (Å²) in [4.78, 5) is 15.6. The second kappa shape index (κ2) is 8.02. The lowest BCUT2D eigenvalue weighted by Crippen LogP contribution is -2.27. The van der Waals surface area contributed by atoms with E-state index in [2.05, 4.69) is 15.6 Å². The van der Waals surface area contributed by atoms with Crippen LogP contribution in [0.4, 0.5) is 0 Å². The van der Waals surface area contributed by atoms with Crippen LogP contribution in [0.1, 0.15) is 12.5 Å². The Morgan fingerprint density at radius 1 is 1.55 bits per heavy atom. The largest absolute Gasteiger partial charge is 0.462 e. The summed E-state index contributed by atoms with van der Waals surface area (Å²) in [6.45, 7) is 2.28. The van der Waals surface area contributed by atoms with E-state index < -0.39 is 5.97 Å². The highest BCUT2D eigenvalue weighted by Crippen LogP contribution is 2.06. The van der Waals surface area contributed by atoms with Crippen LogP contribution < -0.4 is 10.6 Å². The molecule has 0 radical (unpaired) electrons. The second-order valence-corrected chi connectivity index (χ2v) is 4.06. The van der Waals surface area contributed by atoms with Crippen LogP contribution in [-0.4, -0.2) is 24.6 Å². The fraction of sp³-hybridized carbons (Fsp3) is 0.308. The molecule has 0 saturated carbocycles. The van der Waals surface area contributed by atoms with Crippen LogP contribution in [0.25, 0.3) is 0 Å². The molecule has 0 amide bonds. The summed E-state index contributed by atoms with van der Waals surface area (Å²) >= 11 is 5.69. The molecule has 1 aromatic rings. The van der Waals surface area contributed by atoms with Crippen LogP contribution in [0.15, 0.2) is 29.7 Å². The van der Waals surface area contributed by atoms with E-state index in [0.717, 1.165) is 5.56 Å². The molecule has 0 aliphatic rings. The molecule has 20 heavy (non-hydrogen) atoms. The van der Waals surface area contributed by atoms with Gasteiger partial charge in [-0.25, -0.2) is 9.78 Å². The number of ether oxygens (including phenoxy) is 1. The molecule has 0 bridgehead atoms. The van der Waals surface area contributed by atoms with Crippen molar-refractivity contribution in [1.29, 1.82) is 5.26 Å². The van der Waals surface area contributed by atoms with Gasteiger partial charge in [0.2, 0.25) is 0 Å². The molecule has 1 aromatic heterocycles. The number of nitrogens with zero attached hydrogens (tertiary/aromatic N) is 2. The molecule has 0 aliphatic carbocycles. The fourth-order valence-corrected chi connectivity index (χ4v) is 1.52. The Morgan fingerprint density at radius 3 is 2.80 bits per heavy atom. The summed E-state index contributed by atoms with van der Waals surface area (Å²) in [7, 11) is 1.61. The lowest BCUT2D eigenvalue weighted by atomic mass is 10.2. The van der Waals surface area contributed by atoms with Crippen molar-refractivity contribution in [2.75, 3.05) is 13.7 Å². The van der Waals surface area contributed by atoms with Crippen molar-refractivity contribution in [2.45, 2.75) is 13.5 Å². The van der Waals surface area contributed by atoms with Gasteiger partial charge in [-0.3, -0.25) is 0 Å². The van der Waals surface area contributed by atoms with Gasteiger partial charge in [0.25, 0.3) is 0 Å². The Hall–Kier alpha value is -2.26. The summed E-state index contributed by atoms with van der Waals surface area (Å²) in [6.07, 6.45) is 1.61. The van der Waals surface area contributed by atoms with E-state index in [1.54, 1.807) is 32.3 Å². The molecule has 0 aliphatic heterocycles. The summed E-state index contributed by atoms with van der Waals surface area (Å²) in [5, 5.41) is 15.2. The maximum Gasteiger partial charge on any atom is 0.352 e. The van der Waals surface area contributed by atoms with Gasteiger partial charge in [-0.05, 0) is 18.6 Å². The average molecular weight is 295 g/mol. The molecule has 0 atom stereocenters. The van der Waals surface area contributed by atoms with E-state index in [0.29, 0.717) is 17.5 Å². The first-order valence-corrected chi connectivity index (χ1v) is 6.33. The van der Waals surface area contributed by atoms with Crippen LogP contribution in [0, 0.1) is 11.3 Å². The first kappa shape index (κ1) is 15.8. The number of carbonyl (C=O) groups excluding carboxylic acids is 1. The summed E-state index contributed by atoms with van der Waals surface area (Å²) < 4.78 is 4.82. The number of hydrogen-bond donors (Lipinski definition) is 2. The SMILES string of the molecule is CCOC(=O)C(C#N)=C(NC)NCc1ccc(Cl)nc1. The van der Waals surface area contributed by atoms with Crippen molar-refractivity contribution >= 4 is 17.6 Å². The molecule has 1 rings (SSSR count). The topological polar surface area (TPSA) is 87.0 Å². The minimum Gasteiger partial charge on any atom is -0.462 e. The van der Waals surface area contributed by atoms with E-state index in [4.69, 9.17) is 21.6 Å². The molecule has 6 nitrogen and oxygen atoms in total. The van der Waals surface area contributed by atoms with Crippen LogP contribution in [0.2, 0.25) is 5.15 Å². The van der Waals surface area contributed by atoms with E-state index >= 15 is 0 Å². The zero-order valence-electron chi connectivity index (χ0n) is 11.2. The van der Waals surface area contributed by atoms with Crippen LogP contribution in [-0.2, 0) is 16.1 Å². The number of halogens is 1. The molecule has 1 heterocycles. The number of nitriles is 1. The van der Waals surface area contributed by atoms with Gasteiger partial charge in [0.1, 0.15) is 17.0 Å². The quantitative estimate of drug-likeness (QED) is 0.356. The number of carbonyl (C=O) groups is 1. The molecule has 7 heteroatoms. The minimum absolute atomic E-state index is 0.101. The Balaban J connectivity index is 2.81. The number of rotatable bonds is 6. The third-order valence-electron chi connectivity index (χ3n) is 2.35. The van der Waals surface area contributed by atoms with Crippen LogP contribution in [0.3, 0.4) is 0 Å². The molecule has 106 valence electrons. The van der Waals surface area contributed by atoms with Crippen molar-refractivity contribution in [2.24, 2.45) is 0 Å². The highest BCUT2D eigenvalue weighted by atomic mass is 35.5. The highest BCUT2D eigenvalue weighted by Gasteiger charge is 2.15. The summed E-state index contributed by atoms with van der Waals surface area (Å²) in [6, 6.07) is 5.29. The van der Waals surface area contributed by atoms with Gasteiger partial charge >= 0.3 is 5.97 Å². The van der Waals surface area contributed by atoms with Crippen LogP contribution >= 0.6 is 11.6 Å². The molecular weight excluding hydrogens is 280 g/mol. The smallest absolute Gasteiger partial charge is 0.352 e. The van der Waals surface area contributed by atoms with Crippen molar-refractivity contribution in [3.63, 3.8) is 0 Å². The second-order valence-electron chi connectivity index (χ2n) is 3.67. The van der Waals surface area contributed by atoms with Gasteiger partial charge in [0.15, 0.2) is 5.57 Å². The standard InChI is InChI=1S/C13H15ClN4O2/c1-3-20-13(19)10(6-15)12(16-2)18-8-9-4-5-11(14)17-7-9/h4-5,7,16,18H,3,8H2,1-2H3. The summed E-state index contributed by atoms with van der Waals surface area (Å²) in [5.74, 6) is -0.359. The lowest BCUT2D eigenvalue weighted by molar-refractivity contribution is -0.138. The van der Waals surface area contributed by atoms with Gasteiger partial charge in [0.05, 0.1) is 6.61 Å². The van der Waals surface area contributed by atoms with Crippen LogP contribution in [0.5, 0.6) is 0 Å². The third kappa shape index (κ3) is 4.44. The third-order valence-corrected chi connectivity index (χ3v) is 2.57. The molecule has 0 saturated heterocycles. The maximum absolute atomic E-state index is 11.6. The maximum atomic E-state index is 11.6. The number of hydrogen-bond acceptors (Lipinski definition) is 6. The Labute approximate surface area is 122 Å². The van der Waals surface area contributed by atoms with Crippen molar-refractivity contribution in [1.82, 2.24) is 15.6 Å². The molecule has 0 spiro atoms. The number of nitrogens with one attached hydrogen (secondary N) is 2. The van der Waals surface area contributed by atoms with E-state index in [1.807, 2.05) is 6.07 Å². The minimum atomic E-state index is -0.666. The van der Waals surface area contributed by atoms with E-state index in [1.165, 1.54) is 0 Å². The fourth-order valence-electron chi connectivity index (χ4n) is 1.41. The van der Waals surface area contributed by atoms with Gasteiger partial charge in [0, 0.05) is 19.8 Å². The van der Waals surface area contributed by atoms with Crippen molar-refractivity contribution < 1.29 is 9.53 Å². The van der Waals surface area contributed by atoms with Gasteiger partial charge in [-0.2, -0.15) is 5.26 Å². The first-order chi connectivity index (χ1) is 9.62. The van der Waals surface area contributed by atoms with Gasteiger partial charge < -0.3 is 15.4 Å². The van der Waals surface area contributed by atoms with Gasteiger partial charge in [-0.15, -0.1) is 0 Å². The predicted molar refractivity (Wildman–Crippen MR) is 74.4 cm³/mol. The zero-order valence-corrected chi connectivity index (χ0v) is 12.0. The molecule has 0 aromatic carbocycles. The highest BCUT2D eigenvalue weighted by molar-refractivity contribution is 6.29. The first-order valence-electron chi connectivity index (χ1n) is 5.95. The Morgan fingerprint density at radius 2 is 2.30 bits per heavy atom. The molecular formula is C13H15ClN4O2. The van der Waals surface area contributed by atoms with Gasteiger partial charge in [-0.1, -0.05) is 17.7 Å². The average Bonchev–Trinajstić information content (AvgIpc) is 2.45. The zero-order chi connectivity index (χ0) is 15.0. The summed E-state index contributed by atoms with van der Waals surface area (Å²) in [5.41, 5.74) is 0.763. The molecule has 0 fully saturated rings. The van der Waals surface area contributed by atoms with Crippen molar-refractivity contribution in [3.05, 3.63) is 40.4 Å². The predicted octanol–water partition coefficient (Wildman–Crippen LogP) is 1.34. The number of aromatic nitrogens is 1.